The highest BCUT2D eigenvalue weighted by molar-refractivity contribution is 5.62. The van der Waals surface area contributed by atoms with E-state index in [1.54, 1.807) is 0 Å². The van der Waals surface area contributed by atoms with Crippen LogP contribution in [-0.4, -0.2) is 6.54 Å². The summed E-state index contributed by atoms with van der Waals surface area (Å²) in [6, 6.07) is 17.4. The quantitative estimate of drug-likeness (QED) is 0.772. The Kier molecular flexibility index (Phi) is 2.60. The fourth-order valence-electron chi connectivity index (χ4n) is 2.75. The van der Waals surface area contributed by atoms with Crippen molar-refractivity contribution >= 4 is 5.69 Å². The van der Waals surface area contributed by atoms with Crippen LogP contribution in [0.15, 0.2) is 48.5 Å². The van der Waals surface area contributed by atoms with Crippen molar-refractivity contribution in [2.45, 2.75) is 19.3 Å². The van der Waals surface area contributed by atoms with E-state index >= 15 is 0 Å². The fourth-order valence-corrected chi connectivity index (χ4v) is 2.75. The molecule has 1 aliphatic rings. The Bertz CT molecular complexity index is 516. The van der Waals surface area contributed by atoms with Crippen molar-refractivity contribution in [3.05, 3.63) is 65.2 Å². The maximum atomic E-state index is 3.53. The zero-order valence-corrected chi connectivity index (χ0v) is 10.1. The van der Waals surface area contributed by atoms with Gasteiger partial charge in [-0.2, -0.15) is 0 Å². The van der Waals surface area contributed by atoms with E-state index in [4.69, 9.17) is 0 Å². The van der Waals surface area contributed by atoms with E-state index in [-0.39, 0.29) is 0 Å². The van der Waals surface area contributed by atoms with E-state index in [1.807, 2.05) is 0 Å². The van der Waals surface area contributed by atoms with Crippen molar-refractivity contribution in [3.63, 3.8) is 0 Å². The van der Waals surface area contributed by atoms with E-state index in [0.29, 0.717) is 5.92 Å². The summed E-state index contributed by atoms with van der Waals surface area (Å²) in [5.41, 5.74) is 5.57. The van der Waals surface area contributed by atoms with Gasteiger partial charge in [-0.15, -0.1) is 0 Å². The third-order valence-corrected chi connectivity index (χ3v) is 3.62. The van der Waals surface area contributed by atoms with Crippen LogP contribution in [0.25, 0.3) is 0 Å². The SMILES string of the molecule is Cc1cccc2c1NCCC2c1ccccc1. The van der Waals surface area contributed by atoms with E-state index in [1.165, 1.54) is 28.8 Å². The van der Waals surface area contributed by atoms with Gasteiger partial charge in [0.05, 0.1) is 0 Å². The maximum absolute atomic E-state index is 3.53. The Morgan fingerprint density at radius 2 is 1.82 bits per heavy atom. The van der Waals surface area contributed by atoms with Crippen LogP contribution < -0.4 is 5.32 Å². The number of hydrogen-bond acceptors (Lipinski definition) is 1. The van der Waals surface area contributed by atoms with Crippen LogP contribution in [0.3, 0.4) is 0 Å². The van der Waals surface area contributed by atoms with Crippen LogP contribution in [0.5, 0.6) is 0 Å². The highest BCUT2D eigenvalue weighted by Gasteiger charge is 2.21. The molecule has 1 heteroatoms. The molecule has 1 atom stereocenters. The number of aryl methyl sites for hydroxylation is 1. The summed E-state index contributed by atoms with van der Waals surface area (Å²) in [4.78, 5) is 0. The maximum Gasteiger partial charge on any atom is 0.0408 e. The lowest BCUT2D eigenvalue weighted by atomic mass is 9.84. The van der Waals surface area contributed by atoms with Crippen molar-refractivity contribution in [2.24, 2.45) is 0 Å². The van der Waals surface area contributed by atoms with Crippen LogP contribution >= 0.6 is 0 Å². The van der Waals surface area contributed by atoms with Gasteiger partial charge in [-0.1, -0.05) is 48.5 Å². The second-order valence-corrected chi connectivity index (χ2v) is 4.72. The van der Waals surface area contributed by atoms with Gasteiger partial charge in [0, 0.05) is 18.2 Å². The Labute approximate surface area is 102 Å². The number of nitrogens with one attached hydrogen (secondary N) is 1. The van der Waals surface area contributed by atoms with Crippen molar-refractivity contribution in [3.8, 4) is 0 Å². The smallest absolute Gasteiger partial charge is 0.0408 e. The van der Waals surface area contributed by atoms with Crippen molar-refractivity contribution < 1.29 is 0 Å². The van der Waals surface area contributed by atoms with E-state index < -0.39 is 0 Å². The predicted molar refractivity (Wildman–Crippen MR) is 72.6 cm³/mol. The first-order chi connectivity index (χ1) is 8.36. The second kappa shape index (κ2) is 4.25. The molecule has 0 saturated carbocycles. The van der Waals surface area contributed by atoms with Crippen molar-refractivity contribution in [2.75, 3.05) is 11.9 Å². The first kappa shape index (κ1) is 10.4. The van der Waals surface area contributed by atoms with Gasteiger partial charge < -0.3 is 5.32 Å². The van der Waals surface area contributed by atoms with Gasteiger partial charge in [0.25, 0.3) is 0 Å². The van der Waals surface area contributed by atoms with E-state index in [2.05, 4.69) is 60.8 Å². The molecule has 1 nitrogen and oxygen atoms in total. The van der Waals surface area contributed by atoms with Crippen molar-refractivity contribution in [1.29, 1.82) is 0 Å². The highest BCUT2D eigenvalue weighted by atomic mass is 14.9. The molecular weight excluding hydrogens is 206 g/mol. The molecule has 0 spiro atoms. The lowest BCUT2D eigenvalue weighted by Crippen LogP contribution is -2.18. The Balaban J connectivity index is 2.09. The number of hydrogen-bond donors (Lipinski definition) is 1. The first-order valence-electron chi connectivity index (χ1n) is 6.24. The largest absolute Gasteiger partial charge is 0.385 e. The average molecular weight is 223 g/mol. The summed E-state index contributed by atoms with van der Waals surface area (Å²) in [6.45, 7) is 3.25. The van der Waals surface area contributed by atoms with Crippen molar-refractivity contribution in [1.82, 2.24) is 0 Å². The minimum absolute atomic E-state index is 0.548. The molecule has 0 saturated heterocycles. The molecule has 0 aromatic heterocycles. The molecule has 1 N–H and O–H groups in total. The molecule has 3 rings (SSSR count). The summed E-state index contributed by atoms with van der Waals surface area (Å²) in [5.74, 6) is 0.548. The number of fused-ring (bicyclic) bond motifs is 1. The standard InChI is InChI=1S/C16H17N/c1-12-6-5-9-15-14(10-11-17-16(12)15)13-7-3-2-4-8-13/h2-9,14,17H,10-11H2,1H3. The molecule has 0 fully saturated rings. The molecule has 1 unspecified atom stereocenters. The Hall–Kier alpha value is -1.76. The molecular formula is C16H17N. The van der Waals surface area contributed by atoms with E-state index in [9.17, 15) is 0 Å². The zero-order chi connectivity index (χ0) is 11.7. The summed E-state index contributed by atoms with van der Waals surface area (Å²) in [5, 5.41) is 3.53. The van der Waals surface area contributed by atoms with E-state index in [0.717, 1.165) is 6.54 Å². The van der Waals surface area contributed by atoms with Gasteiger partial charge in [-0.05, 0) is 30.0 Å². The minimum atomic E-state index is 0.548. The molecule has 1 heterocycles. The zero-order valence-electron chi connectivity index (χ0n) is 10.1. The summed E-state index contributed by atoms with van der Waals surface area (Å²) in [6.07, 6.45) is 1.18. The Morgan fingerprint density at radius 3 is 2.65 bits per heavy atom. The molecule has 0 radical (unpaired) electrons. The lowest BCUT2D eigenvalue weighted by molar-refractivity contribution is 0.718. The normalized spacial score (nSPS) is 18.3. The van der Waals surface area contributed by atoms with Crippen LogP contribution in [0.2, 0.25) is 0 Å². The second-order valence-electron chi connectivity index (χ2n) is 4.72. The molecule has 17 heavy (non-hydrogen) atoms. The third kappa shape index (κ3) is 1.82. The van der Waals surface area contributed by atoms with Gasteiger partial charge in [-0.3, -0.25) is 0 Å². The Morgan fingerprint density at radius 1 is 1.00 bits per heavy atom. The van der Waals surface area contributed by atoms with Crippen LogP contribution in [0.4, 0.5) is 5.69 Å². The van der Waals surface area contributed by atoms with Crippen LogP contribution in [0.1, 0.15) is 29.0 Å². The van der Waals surface area contributed by atoms with Crippen LogP contribution in [-0.2, 0) is 0 Å². The molecule has 0 amide bonds. The molecule has 0 aliphatic carbocycles. The number of rotatable bonds is 1. The molecule has 2 aromatic carbocycles. The number of benzene rings is 2. The highest BCUT2D eigenvalue weighted by Crippen LogP contribution is 2.37. The topological polar surface area (TPSA) is 12.0 Å². The lowest BCUT2D eigenvalue weighted by Gasteiger charge is -2.28. The number of anilines is 1. The molecule has 0 bridgehead atoms. The minimum Gasteiger partial charge on any atom is -0.385 e. The van der Waals surface area contributed by atoms with Gasteiger partial charge in [0.15, 0.2) is 0 Å². The predicted octanol–water partition coefficient (Wildman–Crippen LogP) is 3.94. The average Bonchev–Trinajstić information content (AvgIpc) is 2.40. The third-order valence-electron chi connectivity index (χ3n) is 3.62. The molecule has 1 aliphatic heterocycles. The summed E-state index contributed by atoms with van der Waals surface area (Å²) in [7, 11) is 0. The van der Waals surface area contributed by atoms with Gasteiger partial charge in [0.2, 0.25) is 0 Å². The first-order valence-corrected chi connectivity index (χ1v) is 6.24. The monoisotopic (exact) mass is 223 g/mol. The van der Waals surface area contributed by atoms with Crippen LogP contribution in [0, 0.1) is 6.92 Å². The van der Waals surface area contributed by atoms with Gasteiger partial charge >= 0.3 is 0 Å². The molecule has 86 valence electrons. The molecule has 2 aromatic rings. The summed E-state index contributed by atoms with van der Waals surface area (Å²) >= 11 is 0. The summed E-state index contributed by atoms with van der Waals surface area (Å²) < 4.78 is 0. The van der Waals surface area contributed by atoms with Gasteiger partial charge in [0.1, 0.15) is 0 Å². The fraction of sp³-hybridized carbons (Fsp3) is 0.250. The van der Waals surface area contributed by atoms with Gasteiger partial charge in [-0.25, -0.2) is 0 Å². The number of para-hydroxylation sites is 1.